The van der Waals surface area contributed by atoms with E-state index in [1.807, 2.05) is 36.4 Å². The Bertz CT molecular complexity index is 796. The highest BCUT2D eigenvalue weighted by molar-refractivity contribution is 6.30. The van der Waals surface area contributed by atoms with Gasteiger partial charge in [-0.3, -0.25) is 9.69 Å². The molecule has 2 aromatic rings. The van der Waals surface area contributed by atoms with E-state index in [1.54, 1.807) is 0 Å². The molecule has 6 heteroatoms. The zero-order valence-corrected chi connectivity index (χ0v) is 17.2. The van der Waals surface area contributed by atoms with Gasteiger partial charge in [0.15, 0.2) is 0 Å². The first-order chi connectivity index (χ1) is 13.6. The Morgan fingerprint density at radius 3 is 2.11 bits per heavy atom. The molecular formula is C22H25Cl2N3O. The van der Waals surface area contributed by atoms with E-state index in [9.17, 15) is 4.79 Å². The zero-order valence-electron chi connectivity index (χ0n) is 15.7. The summed E-state index contributed by atoms with van der Waals surface area (Å²) >= 11 is 11.9. The number of hydrogen-bond donors (Lipinski definition) is 2. The maximum absolute atomic E-state index is 12.4. The third-order valence-electron chi connectivity index (χ3n) is 5.83. The molecule has 2 aliphatic rings. The summed E-state index contributed by atoms with van der Waals surface area (Å²) < 4.78 is 0. The number of nitrogens with zero attached hydrogens (tertiary/aromatic N) is 1. The Morgan fingerprint density at radius 2 is 1.50 bits per heavy atom. The van der Waals surface area contributed by atoms with Gasteiger partial charge in [-0.1, -0.05) is 35.3 Å². The molecule has 2 fully saturated rings. The lowest BCUT2D eigenvalue weighted by Gasteiger charge is -2.39. The van der Waals surface area contributed by atoms with Gasteiger partial charge in [0.1, 0.15) is 0 Å². The van der Waals surface area contributed by atoms with Gasteiger partial charge in [-0.15, -0.1) is 0 Å². The molecule has 3 atom stereocenters. The van der Waals surface area contributed by atoms with Crippen LogP contribution in [0.25, 0.3) is 0 Å². The summed E-state index contributed by atoms with van der Waals surface area (Å²) in [6, 6.07) is 16.9. The van der Waals surface area contributed by atoms with Crippen LogP contribution in [-0.2, 0) is 11.3 Å². The fraction of sp³-hybridized carbons (Fsp3) is 0.409. The quantitative estimate of drug-likeness (QED) is 0.714. The van der Waals surface area contributed by atoms with Gasteiger partial charge in [0, 0.05) is 40.4 Å². The van der Waals surface area contributed by atoms with E-state index in [2.05, 4.69) is 27.7 Å². The van der Waals surface area contributed by atoms with E-state index in [0.29, 0.717) is 17.1 Å². The largest absolute Gasteiger partial charge is 0.376 e. The molecule has 2 saturated heterocycles. The SMILES string of the molecule is O=C(CNc1ccc(Cl)cc1)N[C@H]1C[C@H]2CC[C@@H](C1)N2Cc1ccc(Cl)cc1. The van der Waals surface area contributed by atoms with Crippen LogP contribution in [0.4, 0.5) is 5.69 Å². The second kappa shape index (κ2) is 8.73. The van der Waals surface area contributed by atoms with E-state index in [0.717, 1.165) is 30.1 Å². The van der Waals surface area contributed by atoms with Crippen LogP contribution >= 0.6 is 23.2 Å². The van der Waals surface area contributed by atoms with Crippen molar-refractivity contribution in [3.63, 3.8) is 0 Å². The number of anilines is 1. The number of halogens is 2. The average molecular weight is 418 g/mol. The lowest BCUT2D eigenvalue weighted by Crippen LogP contribution is -2.50. The number of piperidine rings is 1. The van der Waals surface area contributed by atoms with Gasteiger partial charge < -0.3 is 10.6 Å². The molecule has 2 bridgehead atoms. The summed E-state index contributed by atoms with van der Waals surface area (Å²) in [6.07, 6.45) is 4.48. The average Bonchev–Trinajstić information content (AvgIpc) is 2.91. The summed E-state index contributed by atoms with van der Waals surface area (Å²) in [5.41, 5.74) is 2.20. The lowest BCUT2D eigenvalue weighted by molar-refractivity contribution is -0.120. The molecule has 2 heterocycles. The summed E-state index contributed by atoms with van der Waals surface area (Å²) in [5, 5.41) is 7.84. The van der Waals surface area contributed by atoms with E-state index < -0.39 is 0 Å². The first kappa shape index (κ1) is 19.6. The molecule has 4 rings (SSSR count). The lowest BCUT2D eigenvalue weighted by atomic mass is 9.96. The predicted molar refractivity (Wildman–Crippen MR) is 115 cm³/mol. The number of benzene rings is 2. The van der Waals surface area contributed by atoms with Gasteiger partial charge >= 0.3 is 0 Å². The van der Waals surface area contributed by atoms with Crippen molar-refractivity contribution in [3.8, 4) is 0 Å². The Morgan fingerprint density at radius 1 is 0.929 bits per heavy atom. The smallest absolute Gasteiger partial charge is 0.239 e. The Kier molecular flexibility index (Phi) is 6.10. The van der Waals surface area contributed by atoms with Crippen LogP contribution in [0, 0.1) is 0 Å². The molecule has 0 saturated carbocycles. The van der Waals surface area contributed by atoms with Gasteiger partial charge in [0.05, 0.1) is 6.54 Å². The van der Waals surface area contributed by atoms with Crippen molar-refractivity contribution in [3.05, 3.63) is 64.1 Å². The predicted octanol–water partition coefficient (Wildman–Crippen LogP) is 4.72. The molecule has 2 aliphatic heterocycles. The van der Waals surface area contributed by atoms with Crippen molar-refractivity contribution in [1.29, 1.82) is 0 Å². The molecule has 2 aromatic carbocycles. The van der Waals surface area contributed by atoms with Crippen molar-refractivity contribution in [1.82, 2.24) is 10.2 Å². The van der Waals surface area contributed by atoms with Gasteiger partial charge in [-0.05, 0) is 67.6 Å². The molecule has 148 valence electrons. The van der Waals surface area contributed by atoms with E-state index in [4.69, 9.17) is 23.2 Å². The van der Waals surface area contributed by atoms with Crippen molar-refractivity contribution in [2.75, 3.05) is 11.9 Å². The van der Waals surface area contributed by atoms with Gasteiger partial charge in [0.2, 0.25) is 5.91 Å². The molecule has 2 N–H and O–H groups in total. The molecule has 0 unspecified atom stereocenters. The van der Waals surface area contributed by atoms with Crippen molar-refractivity contribution >= 4 is 34.8 Å². The highest BCUT2D eigenvalue weighted by Crippen LogP contribution is 2.37. The molecular weight excluding hydrogens is 393 g/mol. The fourth-order valence-electron chi connectivity index (χ4n) is 4.48. The second-order valence-electron chi connectivity index (χ2n) is 7.78. The zero-order chi connectivity index (χ0) is 19.5. The second-order valence-corrected chi connectivity index (χ2v) is 8.65. The van der Waals surface area contributed by atoms with Crippen LogP contribution < -0.4 is 10.6 Å². The molecule has 0 spiro atoms. The molecule has 28 heavy (non-hydrogen) atoms. The fourth-order valence-corrected chi connectivity index (χ4v) is 4.73. The van der Waals surface area contributed by atoms with Crippen LogP contribution in [0.5, 0.6) is 0 Å². The number of nitrogens with one attached hydrogen (secondary N) is 2. The van der Waals surface area contributed by atoms with E-state index >= 15 is 0 Å². The van der Waals surface area contributed by atoms with Crippen molar-refractivity contribution in [2.24, 2.45) is 0 Å². The summed E-state index contributed by atoms with van der Waals surface area (Å²) in [5.74, 6) is 0.0468. The number of fused-ring (bicyclic) bond motifs is 2. The summed E-state index contributed by atoms with van der Waals surface area (Å²) in [7, 11) is 0. The Hall–Kier alpha value is -1.75. The van der Waals surface area contributed by atoms with Crippen LogP contribution in [0.2, 0.25) is 10.0 Å². The minimum atomic E-state index is 0.0468. The monoisotopic (exact) mass is 417 g/mol. The third kappa shape index (κ3) is 4.80. The van der Waals surface area contributed by atoms with Crippen molar-refractivity contribution in [2.45, 2.75) is 50.4 Å². The number of hydrogen-bond acceptors (Lipinski definition) is 3. The van der Waals surface area contributed by atoms with Crippen molar-refractivity contribution < 1.29 is 4.79 Å². The standard InChI is InChI=1S/C22H25Cl2N3O/c23-16-3-1-15(2-4-16)14-27-20-9-10-21(27)12-19(11-20)26-22(28)13-25-18-7-5-17(24)6-8-18/h1-8,19-21,25H,9-14H2,(H,26,28)/t19-,20+,21-. The first-order valence-electron chi connectivity index (χ1n) is 9.86. The van der Waals surface area contributed by atoms with E-state index in [1.165, 1.54) is 18.4 Å². The summed E-state index contributed by atoms with van der Waals surface area (Å²) in [4.78, 5) is 15.0. The van der Waals surface area contributed by atoms with Crippen LogP contribution in [0.3, 0.4) is 0 Å². The number of rotatable bonds is 6. The third-order valence-corrected chi connectivity index (χ3v) is 6.33. The highest BCUT2D eigenvalue weighted by atomic mass is 35.5. The topological polar surface area (TPSA) is 44.4 Å². The Balaban J connectivity index is 1.27. The normalized spacial score (nSPS) is 24.1. The molecule has 4 nitrogen and oxygen atoms in total. The maximum atomic E-state index is 12.4. The van der Waals surface area contributed by atoms with Gasteiger partial charge in [-0.2, -0.15) is 0 Å². The van der Waals surface area contributed by atoms with Crippen LogP contribution in [-0.4, -0.2) is 35.5 Å². The maximum Gasteiger partial charge on any atom is 0.239 e. The number of amides is 1. The Labute approximate surface area is 176 Å². The molecule has 0 radical (unpaired) electrons. The van der Waals surface area contributed by atoms with E-state index in [-0.39, 0.29) is 18.5 Å². The summed E-state index contributed by atoms with van der Waals surface area (Å²) in [6.45, 7) is 1.24. The minimum Gasteiger partial charge on any atom is -0.376 e. The van der Waals surface area contributed by atoms with Gasteiger partial charge in [0.25, 0.3) is 0 Å². The van der Waals surface area contributed by atoms with Crippen LogP contribution in [0.15, 0.2) is 48.5 Å². The number of carbonyl (C=O) groups excluding carboxylic acids is 1. The molecule has 0 aromatic heterocycles. The minimum absolute atomic E-state index is 0.0468. The molecule has 1 amide bonds. The molecule has 0 aliphatic carbocycles. The first-order valence-corrected chi connectivity index (χ1v) is 10.6. The number of carbonyl (C=O) groups is 1. The van der Waals surface area contributed by atoms with Crippen LogP contribution in [0.1, 0.15) is 31.2 Å². The van der Waals surface area contributed by atoms with Gasteiger partial charge in [-0.25, -0.2) is 0 Å². The highest BCUT2D eigenvalue weighted by Gasteiger charge is 2.40.